The van der Waals surface area contributed by atoms with E-state index < -0.39 is 16.7 Å². The lowest BCUT2D eigenvalue weighted by atomic mass is 10.2. The van der Waals surface area contributed by atoms with Gasteiger partial charge in [-0.05, 0) is 53.5 Å². The van der Waals surface area contributed by atoms with Gasteiger partial charge in [-0.15, -0.1) is 0 Å². The molecule has 0 aliphatic heterocycles. The Bertz CT molecular complexity index is 1010. The van der Waals surface area contributed by atoms with Crippen LogP contribution in [0.25, 0.3) is 0 Å². The second-order valence-electron chi connectivity index (χ2n) is 6.23. The van der Waals surface area contributed by atoms with Crippen LogP contribution in [0.2, 0.25) is 0 Å². The lowest BCUT2D eigenvalue weighted by Crippen LogP contribution is -2.26. The fraction of sp³-hybridized carbons (Fsp3) is 0.211. The Kier molecular flexibility index (Phi) is 8.48. The summed E-state index contributed by atoms with van der Waals surface area (Å²) in [5.74, 6) is -0.389. The van der Waals surface area contributed by atoms with Gasteiger partial charge in [-0.3, -0.25) is 19.7 Å². The molecular weight excluding hydrogens is 524 g/mol. The molecule has 0 bridgehead atoms. The highest BCUT2D eigenvalue weighted by Gasteiger charge is 2.11. The second-order valence-corrected chi connectivity index (χ2v) is 7.94. The number of carbonyl (C=O) groups is 2. The number of rotatable bonds is 8. The van der Waals surface area contributed by atoms with Crippen LogP contribution in [0.4, 0.5) is 11.4 Å². The number of non-ortho nitro benzene ring substituents is 1. The smallest absolute Gasteiger partial charge is 0.277 e. The third kappa shape index (κ3) is 7.23. The number of anilines is 1. The van der Waals surface area contributed by atoms with Crippen LogP contribution in [0, 0.1) is 17.0 Å². The predicted molar refractivity (Wildman–Crippen MR) is 120 cm³/mol. The molecule has 0 fully saturated rings. The van der Waals surface area contributed by atoms with Gasteiger partial charge in [0.05, 0.1) is 15.8 Å². The number of aryl methyl sites for hydroxylation is 1. The highest BCUT2D eigenvalue weighted by molar-refractivity contribution is 9.11. The van der Waals surface area contributed by atoms with E-state index in [1.54, 1.807) is 19.1 Å². The number of hydrogen-bond donors (Lipinski definition) is 2. The van der Waals surface area contributed by atoms with Crippen molar-refractivity contribution in [1.82, 2.24) is 5.43 Å². The van der Waals surface area contributed by atoms with Crippen molar-refractivity contribution in [3.63, 3.8) is 0 Å². The highest BCUT2D eigenvalue weighted by Crippen LogP contribution is 2.31. The molecule has 11 heteroatoms. The summed E-state index contributed by atoms with van der Waals surface area (Å²) in [4.78, 5) is 34.2. The Morgan fingerprint density at radius 3 is 2.60 bits per heavy atom. The number of amides is 2. The SMILES string of the molecule is C/C(CC(=O)Nc1cccc([N+](=O)[O-])c1)=N\NC(=O)COc1cc(C)c(Br)cc1Br. The van der Waals surface area contributed by atoms with Crippen molar-refractivity contribution in [3.05, 3.63) is 61.0 Å². The van der Waals surface area contributed by atoms with Crippen molar-refractivity contribution in [1.29, 1.82) is 0 Å². The van der Waals surface area contributed by atoms with Crippen LogP contribution >= 0.6 is 31.9 Å². The molecule has 2 amide bonds. The molecule has 0 unspecified atom stereocenters. The molecule has 0 saturated heterocycles. The zero-order chi connectivity index (χ0) is 22.3. The van der Waals surface area contributed by atoms with Gasteiger partial charge in [0, 0.05) is 28.0 Å². The Balaban J connectivity index is 1.83. The maximum absolute atomic E-state index is 12.0. The van der Waals surface area contributed by atoms with E-state index >= 15 is 0 Å². The van der Waals surface area contributed by atoms with E-state index in [1.807, 2.05) is 13.0 Å². The van der Waals surface area contributed by atoms with Crippen molar-refractivity contribution < 1.29 is 19.2 Å². The minimum Gasteiger partial charge on any atom is -0.483 e. The van der Waals surface area contributed by atoms with Crippen molar-refractivity contribution in [2.24, 2.45) is 5.10 Å². The Morgan fingerprint density at radius 1 is 1.17 bits per heavy atom. The van der Waals surface area contributed by atoms with Gasteiger partial charge in [-0.1, -0.05) is 22.0 Å². The lowest BCUT2D eigenvalue weighted by Gasteiger charge is -2.10. The van der Waals surface area contributed by atoms with Crippen LogP contribution in [0.3, 0.4) is 0 Å². The Morgan fingerprint density at radius 2 is 1.90 bits per heavy atom. The number of hydrazone groups is 1. The largest absolute Gasteiger partial charge is 0.483 e. The molecule has 0 aliphatic carbocycles. The molecule has 0 heterocycles. The molecule has 0 aliphatic rings. The first-order valence-electron chi connectivity index (χ1n) is 8.60. The average Bonchev–Trinajstić information content (AvgIpc) is 2.68. The molecular formula is C19H18Br2N4O5. The van der Waals surface area contributed by atoms with Crippen molar-refractivity contribution in [3.8, 4) is 5.75 Å². The van der Waals surface area contributed by atoms with Crippen LogP contribution in [-0.2, 0) is 9.59 Å². The molecule has 0 aromatic heterocycles. The number of nitrogens with one attached hydrogen (secondary N) is 2. The topological polar surface area (TPSA) is 123 Å². The molecule has 2 N–H and O–H groups in total. The van der Waals surface area contributed by atoms with Gasteiger partial charge in [-0.25, -0.2) is 5.43 Å². The molecule has 30 heavy (non-hydrogen) atoms. The van der Waals surface area contributed by atoms with Gasteiger partial charge in [0.1, 0.15) is 5.75 Å². The summed E-state index contributed by atoms with van der Waals surface area (Å²) in [6.45, 7) is 3.22. The first-order chi connectivity index (χ1) is 14.2. The summed E-state index contributed by atoms with van der Waals surface area (Å²) < 4.78 is 7.09. The van der Waals surface area contributed by atoms with Crippen LogP contribution in [0.5, 0.6) is 5.75 Å². The third-order valence-electron chi connectivity index (χ3n) is 3.70. The molecule has 0 saturated carbocycles. The molecule has 2 rings (SSSR count). The molecule has 0 atom stereocenters. The van der Waals surface area contributed by atoms with E-state index in [4.69, 9.17) is 4.74 Å². The summed E-state index contributed by atoms with van der Waals surface area (Å²) in [5, 5.41) is 17.2. The number of halogens is 2. The fourth-order valence-electron chi connectivity index (χ4n) is 2.25. The second kappa shape index (κ2) is 10.8. The number of nitro groups is 1. The maximum Gasteiger partial charge on any atom is 0.277 e. The first kappa shape index (κ1) is 23.5. The summed E-state index contributed by atoms with van der Waals surface area (Å²) in [6, 6.07) is 9.21. The van der Waals surface area contributed by atoms with E-state index in [0.29, 0.717) is 21.6 Å². The zero-order valence-corrected chi connectivity index (χ0v) is 19.2. The van der Waals surface area contributed by atoms with Crippen molar-refractivity contribution in [2.75, 3.05) is 11.9 Å². The number of hydrogen-bond acceptors (Lipinski definition) is 6. The lowest BCUT2D eigenvalue weighted by molar-refractivity contribution is -0.384. The molecule has 0 spiro atoms. The van der Waals surface area contributed by atoms with E-state index in [2.05, 4.69) is 47.7 Å². The number of carbonyl (C=O) groups excluding carboxylic acids is 2. The van der Waals surface area contributed by atoms with E-state index in [9.17, 15) is 19.7 Å². The predicted octanol–water partition coefficient (Wildman–Crippen LogP) is 4.33. The van der Waals surface area contributed by atoms with Gasteiger partial charge >= 0.3 is 0 Å². The molecule has 0 radical (unpaired) electrons. The van der Waals surface area contributed by atoms with Crippen molar-refractivity contribution in [2.45, 2.75) is 20.3 Å². The van der Waals surface area contributed by atoms with Gasteiger partial charge < -0.3 is 10.1 Å². The van der Waals surface area contributed by atoms with Gasteiger partial charge in [0.15, 0.2) is 6.61 Å². The molecule has 158 valence electrons. The number of nitrogens with zero attached hydrogens (tertiary/aromatic N) is 2. The molecule has 9 nitrogen and oxygen atoms in total. The van der Waals surface area contributed by atoms with E-state index in [1.165, 1.54) is 18.2 Å². The van der Waals surface area contributed by atoms with Gasteiger partial charge in [0.25, 0.3) is 11.6 Å². The number of ether oxygens (including phenoxy) is 1. The Hall–Kier alpha value is -2.79. The fourth-order valence-corrected chi connectivity index (χ4v) is 3.36. The van der Waals surface area contributed by atoms with Crippen LogP contribution in [0.15, 0.2) is 50.4 Å². The summed E-state index contributed by atoms with van der Waals surface area (Å²) >= 11 is 6.77. The maximum atomic E-state index is 12.0. The summed E-state index contributed by atoms with van der Waals surface area (Å²) in [5.41, 5.74) is 3.80. The average molecular weight is 542 g/mol. The zero-order valence-electron chi connectivity index (χ0n) is 16.1. The molecule has 2 aromatic rings. The minimum atomic E-state index is -0.548. The summed E-state index contributed by atoms with van der Waals surface area (Å²) in [7, 11) is 0. The van der Waals surface area contributed by atoms with E-state index in [0.717, 1.165) is 10.0 Å². The Labute approximate surface area is 189 Å². The quantitative estimate of drug-likeness (QED) is 0.292. The van der Waals surface area contributed by atoms with Crippen molar-refractivity contribution >= 4 is 60.8 Å². The van der Waals surface area contributed by atoms with Crippen LogP contribution in [-0.4, -0.2) is 29.1 Å². The van der Waals surface area contributed by atoms with Crippen LogP contribution < -0.4 is 15.5 Å². The van der Waals surface area contributed by atoms with Gasteiger partial charge in [0.2, 0.25) is 5.91 Å². The monoisotopic (exact) mass is 540 g/mol. The first-order valence-corrected chi connectivity index (χ1v) is 10.2. The van der Waals surface area contributed by atoms with Gasteiger partial charge in [-0.2, -0.15) is 5.10 Å². The highest BCUT2D eigenvalue weighted by atomic mass is 79.9. The van der Waals surface area contributed by atoms with E-state index in [-0.39, 0.29) is 18.7 Å². The standard InChI is InChI=1S/C19H18Br2N4O5/c1-11-6-17(16(21)9-15(11)20)30-10-19(27)24-23-12(2)7-18(26)22-13-4-3-5-14(8-13)25(28)29/h3-6,8-9H,7,10H2,1-2H3,(H,22,26)(H,24,27)/b23-12+. The summed E-state index contributed by atoms with van der Waals surface area (Å²) in [6.07, 6.45) is -0.0959. The normalized spacial score (nSPS) is 11.0. The van der Waals surface area contributed by atoms with Crippen LogP contribution in [0.1, 0.15) is 18.9 Å². The molecule has 2 aromatic carbocycles. The third-order valence-corrected chi connectivity index (χ3v) is 5.17. The minimum absolute atomic E-state index is 0.0959. The number of benzene rings is 2. The number of nitro benzene ring substituents is 1.